The molecule has 94 valence electrons. The summed E-state index contributed by atoms with van der Waals surface area (Å²) in [5.74, 6) is 0.0664. The van der Waals surface area contributed by atoms with Crippen molar-refractivity contribution in [2.45, 2.75) is 40.2 Å². The van der Waals surface area contributed by atoms with Gasteiger partial charge in [0, 0.05) is 12.5 Å². The summed E-state index contributed by atoms with van der Waals surface area (Å²) in [6, 6.07) is -0.211. The van der Waals surface area contributed by atoms with Gasteiger partial charge in [0.1, 0.15) is 5.78 Å². The van der Waals surface area contributed by atoms with E-state index in [2.05, 4.69) is 21.2 Å². The van der Waals surface area contributed by atoms with Gasteiger partial charge in [-0.05, 0) is 12.3 Å². The smallest absolute Gasteiger partial charge is 0.407 e. The second-order valence-electron chi connectivity index (χ2n) is 4.66. The van der Waals surface area contributed by atoms with Gasteiger partial charge in [0.15, 0.2) is 0 Å². The number of hydrogen-bond donors (Lipinski definition) is 1. The fourth-order valence-electron chi connectivity index (χ4n) is 1.17. The molecule has 0 bridgehead atoms. The molecule has 0 aromatic carbocycles. The van der Waals surface area contributed by atoms with Crippen LogP contribution in [0.25, 0.3) is 0 Å². The van der Waals surface area contributed by atoms with Crippen LogP contribution in [0.2, 0.25) is 0 Å². The molecule has 1 unspecified atom stereocenters. The molecule has 0 aliphatic carbocycles. The maximum atomic E-state index is 11.4. The van der Waals surface area contributed by atoms with Crippen LogP contribution in [0.5, 0.6) is 0 Å². The Kier molecular flexibility index (Phi) is 6.64. The molecule has 0 aliphatic heterocycles. The first kappa shape index (κ1) is 15.4. The molecule has 1 atom stereocenters. The van der Waals surface area contributed by atoms with E-state index in [1.807, 2.05) is 20.8 Å². The Morgan fingerprint density at radius 2 is 1.94 bits per heavy atom. The summed E-state index contributed by atoms with van der Waals surface area (Å²) < 4.78 is 4.81. The highest BCUT2D eigenvalue weighted by molar-refractivity contribution is 9.09. The van der Waals surface area contributed by atoms with Crippen LogP contribution in [0, 0.1) is 5.41 Å². The number of carbonyl (C=O) groups excluding carboxylic acids is 2. The molecule has 0 heterocycles. The van der Waals surface area contributed by atoms with Gasteiger partial charge in [0.05, 0.1) is 11.9 Å². The number of ether oxygens (including phenoxy) is 1. The van der Waals surface area contributed by atoms with Gasteiger partial charge < -0.3 is 10.1 Å². The summed E-state index contributed by atoms with van der Waals surface area (Å²) in [5.41, 5.74) is -0.176. The molecule has 16 heavy (non-hydrogen) atoms. The lowest BCUT2D eigenvalue weighted by Gasteiger charge is -2.30. The van der Waals surface area contributed by atoms with Crippen molar-refractivity contribution in [1.82, 2.24) is 5.32 Å². The van der Waals surface area contributed by atoms with Crippen LogP contribution in [0.1, 0.15) is 34.1 Å². The summed E-state index contributed by atoms with van der Waals surface area (Å²) in [6.45, 7) is 8.01. The van der Waals surface area contributed by atoms with Crippen molar-refractivity contribution in [3.05, 3.63) is 0 Å². The molecule has 0 saturated heterocycles. The Hall–Kier alpha value is -0.580. The third kappa shape index (κ3) is 6.10. The minimum absolute atomic E-state index is 0.0664. The Balaban J connectivity index is 4.44. The summed E-state index contributed by atoms with van der Waals surface area (Å²) in [5, 5.41) is 3.03. The SMILES string of the molecule is CCOC(=O)NC(CC(=O)CBr)C(C)(C)C. The average Bonchev–Trinajstić information content (AvgIpc) is 2.15. The number of halogens is 1. The maximum Gasteiger partial charge on any atom is 0.407 e. The number of nitrogens with one attached hydrogen (secondary N) is 1. The van der Waals surface area contributed by atoms with E-state index < -0.39 is 6.09 Å². The molecule has 0 fully saturated rings. The lowest BCUT2D eigenvalue weighted by Crippen LogP contribution is -2.45. The third-order valence-corrected chi connectivity index (χ3v) is 2.82. The van der Waals surface area contributed by atoms with Gasteiger partial charge in [0.2, 0.25) is 0 Å². The van der Waals surface area contributed by atoms with Crippen molar-refractivity contribution in [3.8, 4) is 0 Å². The molecule has 0 radical (unpaired) electrons. The molecule has 0 rings (SSSR count). The van der Waals surface area contributed by atoms with E-state index in [-0.39, 0.29) is 17.2 Å². The van der Waals surface area contributed by atoms with E-state index in [4.69, 9.17) is 4.74 Å². The summed E-state index contributed by atoms with van der Waals surface area (Å²) in [6.07, 6.45) is -0.155. The van der Waals surface area contributed by atoms with E-state index in [0.29, 0.717) is 18.4 Å². The molecule has 1 N–H and O–H groups in total. The molecule has 1 amide bonds. The first-order valence-electron chi connectivity index (χ1n) is 5.32. The highest BCUT2D eigenvalue weighted by atomic mass is 79.9. The van der Waals surface area contributed by atoms with Gasteiger partial charge in [0.25, 0.3) is 0 Å². The summed E-state index contributed by atoms with van der Waals surface area (Å²) in [7, 11) is 0. The number of alkyl carbamates (subject to hydrolysis) is 1. The Labute approximate surface area is 105 Å². The molecular weight excluding hydrogens is 274 g/mol. The van der Waals surface area contributed by atoms with Gasteiger partial charge >= 0.3 is 6.09 Å². The largest absolute Gasteiger partial charge is 0.450 e. The van der Waals surface area contributed by atoms with Crippen LogP contribution in [-0.4, -0.2) is 29.9 Å². The van der Waals surface area contributed by atoms with Crippen molar-refractivity contribution in [1.29, 1.82) is 0 Å². The molecular formula is C11H20BrNO3. The number of alkyl halides is 1. The molecule has 0 aromatic heterocycles. The minimum atomic E-state index is -0.468. The zero-order chi connectivity index (χ0) is 12.8. The van der Waals surface area contributed by atoms with Crippen LogP contribution in [0.15, 0.2) is 0 Å². The number of carbonyl (C=O) groups is 2. The lowest BCUT2D eigenvalue weighted by molar-refractivity contribution is -0.117. The Bertz CT molecular complexity index is 248. The quantitative estimate of drug-likeness (QED) is 0.793. The molecule has 0 aromatic rings. The monoisotopic (exact) mass is 293 g/mol. The second-order valence-corrected chi connectivity index (χ2v) is 5.22. The molecule has 0 aliphatic rings. The first-order chi connectivity index (χ1) is 7.31. The molecule has 5 heteroatoms. The van der Waals surface area contributed by atoms with Gasteiger partial charge in [-0.15, -0.1) is 0 Å². The van der Waals surface area contributed by atoms with Crippen LogP contribution < -0.4 is 5.32 Å². The Morgan fingerprint density at radius 3 is 2.31 bits per heavy atom. The third-order valence-electron chi connectivity index (χ3n) is 2.19. The summed E-state index contributed by atoms with van der Waals surface area (Å²) in [4.78, 5) is 22.7. The van der Waals surface area contributed by atoms with Gasteiger partial charge in [-0.25, -0.2) is 4.79 Å². The van der Waals surface area contributed by atoms with Gasteiger partial charge in [-0.3, -0.25) is 4.79 Å². The molecule has 0 spiro atoms. The van der Waals surface area contributed by atoms with Crippen molar-refractivity contribution < 1.29 is 14.3 Å². The molecule has 4 nitrogen and oxygen atoms in total. The van der Waals surface area contributed by atoms with E-state index in [1.165, 1.54) is 0 Å². The zero-order valence-electron chi connectivity index (χ0n) is 10.3. The van der Waals surface area contributed by atoms with Crippen LogP contribution in [0.3, 0.4) is 0 Å². The standard InChI is InChI=1S/C11H20BrNO3/c1-5-16-10(15)13-9(11(2,3)4)6-8(14)7-12/h9H,5-7H2,1-4H3,(H,13,15). The van der Waals surface area contributed by atoms with E-state index in [0.717, 1.165) is 0 Å². The van der Waals surface area contributed by atoms with Crippen LogP contribution >= 0.6 is 15.9 Å². The summed E-state index contributed by atoms with van der Waals surface area (Å²) >= 11 is 3.11. The van der Waals surface area contributed by atoms with E-state index in [9.17, 15) is 9.59 Å². The minimum Gasteiger partial charge on any atom is -0.450 e. The average molecular weight is 294 g/mol. The lowest BCUT2D eigenvalue weighted by atomic mass is 9.84. The number of rotatable bonds is 5. The fourth-order valence-corrected chi connectivity index (χ4v) is 1.40. The van der Waals surface area contributed by atoms with Gasteiger partial charge in [-0.2, -0.15) is 0 Å². The highest BCUT2D eigenvalue weighted by Crippen LogP contribution is 2.22. The first-order valence-corrected chi connectivity index (χ1v) is 6.44. The van der Waals surface area contributed by atoms with Crippen molar-refractivity contribution in [2.75, 3.05) is 11.9 Å². The number of ketones is 1. The number of Topliss-reactive ketones (excluding diaryl/α,β-unsaturated/α-hetero) is 1. The predicted molar refractivity (Wildman–Crippen MR) is 66.8 cm³/mol. The van der Waals surface area contributed by atoms with E-state index in [1.54, 1.807) is 6.92 Å². The van der Waals surface area contributed by atoms with Crippen molar-refractivity contribution in [2.24, 2.45) is 5.41 Å². The highest BCUT2D eigenvalue weighted by Gasteiger charge is 2.28. The van der Waals surface area contributed by atoms with Crippen molar-refractivity contribution in [3.63, 3.8) is 0 Å². The fraction of sp³-hybridized carbons (Fsp3) is 0.818. The Morgan fingerprint density at radius 1 is 1.38 bits per heavy atom. The maximum absolute atomic E-state index is 11.4. The molecule has 0 saturated carbocycles. The van der Waals surface area contributed by atoms with E-state index >= 15 is 0 Å². The van der Waals surface area contributed by atoms with Gasteiger partial charge in [-0.1, -0.05) is 36.7 Å². The van der Waals surface area contributed by atoms with Crippen LogP contribution in [0.4, 0.5) is 4.79 Å². The topological polar surface area (TPSA) is 55.4 Å². The predicted octanol–water partition coefficient (Wildman–Crippen LogP) is 2.50. The number of amides is 1. The normalized spacial score (nSPS) is 13.1. The van der Waals surface area contributed by atoms with Crippen LogP contribution in [-0.2, 0) is 9.53 Å². The number of hydrogen-bond acceptors (Lipinski definition) is 3. The zero-order valence-corrected chi connectivity index (χ0v) is 11.9. The van der Waals surface area contributed by atoms with Crippen molar-refractivity contribution >= 4 is 27.8 Å². The second kappa shape index (κ2) is 6.89.